The number of halogens is 1. The Bertz CT molecular complexity index is 588. The molecule has 0 saturated heterocycles. The van der Waals surface area contributed by atoms with Crippen molar-refractivity contribution in [2.75, 3.05) is 5.75 Å². The Morgan fingerprint density at radius 2 is 1.67 bits per heavy atom. The lowest BCUT2D eigenvalue weighted by molar-refractivity contribution is 0.102. The highest BCUT2D eigenvalue weighted by molar-refractivity contribution is 7.99. The normalized spacial score (nSPS) is 10.9. The standard InChI is InChI=1S/C18H19ClOS/c1-13(2)15-5-7-16(8-6-15)18(20)12-21-11-14-3-9-17(19)10-4-14/h3-10,13H,11-12H2,1-2H3. The summed E-state index contributed by atoms with van der Waals surface area (Å²) in [6, 6.07) is 15.7. The number of carbonyl (C=O) groups excluding carboxylic acids is 1. The molecule has 0 aliphatic rings. The van der Waals surface area contributed by atoms with E-state index in [2.05, 4.69) is 13.8 Å². The second-order valence-corrected chi connectivity index (χ2v) is 6.74. The second kappa shape index (κ2) is 7.67. The van der Waals surface area contributed by atoms with E-state index in [9.17, 15) is 4.79 Å². The number of Topliss-reactive ketones (excluding diaryl/α,β-unsaturated/α-hetero) is 1. The van der Waals surface area contributed by atoms with Gasteiger partial charge in [0.25, 0.3) is 0 Å². The highest BCUT2D eigenvalue weighted by Gasteiger charge is 2.07. The van der Waals surface area contributed by atoms with E-state index in [1.807, 2.05) is 48.5 Å². The lowest BCUT2D eigenvalue weighted by atomic mass is 10.0. The van der Waals surface area contributed by atoms with Crippen LogP contribution < -0.4 is 0 Å². The van der Waals surface area contributed by atoms with Gasteiger partial charge in [0.05, 0.1) is 5.75 Å². The van der Waals surface area contributed by atoms with Crippen molar-refractivity contribution in [2.45, 2.75) is 25.5 Å². The van der Waals surface area contributed by atoms with Crippen LogP contribution in [0.5, 0.6) is 0 Å². The maximum absolute atomic E-state index is 12.1. The number of hydrogen-bond acceptors (Lipinski definition) is 2. The summed E-state index contributed by atoms with van der Waals surface area (Å²) in [5.41, 5.74) is 3.25. The Morgan fingerprint density at radius 3 is 2.24 bits per heavy atom. The fourth-order valence-electron chi connectivity index (χ4n) is 1.98. The number of thioether (sulfide) groups is 1. The molecule has 0 spiro atoms. The van der Waals surface area contributed by atoms with Crippen molar-refractivity contribution in [3.8, 4) is 0 Å². The number of carbonyl (C=O) groups is 1. The Morgan fingerprint density at radius 1 is 1.05 bits per heavy atom. The Hall–Kier alpha value is -1.25. The van der Waals surface area contributed by atoms with Crippen molar-refractivity contribution in [3.05, 3.63) is 70.2 Å². The highest BCUT2D eigenvalue weighted by atomic mass is 35.5. The van der Waals surface area contributed by atoms with E-state index in [-0.39, 0.29) is 5.78 Å². The molecule has 2 rings (SSSR count). The quantitative estimate of drug-likeness (QED) is 0.647. The monoisotopic (exact) mass is 318 g/mol. The average molecular weight is 319 g/mol. The van der Waals surface area contributed by atoms with Gasteiger partial charge in [-0.05, 0) is 29.2 Å². The van der Waals surface area contributed by atoms with E-state index >= 15 is 0 Å². The summed E-state index contributed by atoms with van der Waals surface area (Å²) in [5, 5.41) is 0.741. The van der Waals surface area contributed by atoms with Crippen LogP contribution in [0.1, 0.15) is 41.3 Å². The molecule has 110 valence electrons. The number of hydrogen-bond donors (Lipinski definition) is 0. The van der Waals surface area contributed by atoms with Crippen molar-refractivity contribution in [3.63, 3.8) is 0 Å². The van der Waals surface area contributed by atoms with Gasteiger partial charge in [0.15, 0.2) is 5.78 Å². The van der Waals surface area contributed by atoms with Gasteiger partial charge in [0, 0.05) is 16.3 Å². The van der Waals surface area contributed by atoms with Crippen LogP contribution in [0, 0.1) is 0 Å². The zero-order chi connectivity index (χ0) is 15.2. The van der Waals surface area contributed by atoms with Gasteiger partial charge in [0.1, 0.15) is 0 Å². The topological polar surface area (TPSA) is 17.1 Å². The fraction of sp³-hybridized carbons (Fsp3) is 0.278. The molecule has 0 heterocycles. The molecule has 21 heavy (non-hydrogen) atoms. The van der Waals surface area contributed by atoms with Crippen LogP contribution >= 0.6 is 23.4 Å². The van der Waals surface area contributed by atoms with Crippen LogP contribution in [0.2, 0.25) is 5.02 Å². The average Bonchev–Trinajstić information content (AvgIpc) is 2.49. The predicted octanol–water partition coefficient (Wildman–Crippen LogP) is 5.58. The molecule has 0 atom stereocenters. The van der Waals surface area contributed by atoms with Gasteiger partial charge >= 0.3 is 0 Å². The van der Waals surface area contributed by atoms with Gasteiger partial charge in [-0.25, -0.2) is 0 Å². The Balaban J connectivity index is 1.85. The third-order valence-corrected chi connectivity index (χ3v) is 4.57. The Kier molecular flexibility index (Phi) is 5.89. The summed E-state index contributed by atoms with van der Waals surface area (Å²) >= 11 is 7.48. The number of benzene rings is 2. The first-order chi connectivity index (χ1) is 10.1. The number of ketones is 1. The molecule has 0 amide bonds. The molecule has 2 aromatic carbocycles. The van der Waals surface area contributed by atoms with E-state index in [4.69, 9.17) is 11.6 Å². The van der Waals surface area contributed by atoms with Crippen molar-refractivity contribution in [1.82, 2.24) is 0 Å². The van der Waals surface area contributed by atoms with Crippen molar-refractivity contribution < 1.29 is 4.79 Å². The summed E-state index contributed by atoms with van der Waals surface area (Å²) < 4.78 is 0. The molecule has 0 unspecified atom stereocenters. The van der Waals surface area contributed by atoms with Gasteiger partial charge in [-0.3, -0.25) is 4.79 Å². The molecule has 0 bridgehead atoms. The fourth-order valence-corrected chi connectivity index (χ4v) is 2.99. The van der Waals surface area contributed by atoms with Crippen LogP contribution in [0.3, 0.4) is 0 Å². The first-order valence-corrected chi connectivity index (χ1v) is 8.55. The number of rotatable bonds is 6. The van der Waals surface area contributed by atoms with Crippen LogP contribution in [0.15, 0.2) is 48.5 Å². The predicted molar refractivity (Wildman–Crippen MR) is 92.5 cm³/mol. The van der Waals surface area contributed by atoms with Gasteiger partial charge < -0.3 is 0 Å². The first kappa shape index (κ1) is 16.1. The van der Waals surface area contributed by atoms with Crippen molar-refractivity contribution in [2.24, 2.45) is 0 Å². The highest BCUT2D eigenvalue weighted by Crippen LogP contribution is 2.18. The molecule has 0 aromatic heterocycles. The first-order valence-electron chi connectivity index (χ1n) is 7.01. The summed E-state index contributed by atoms with van der Waals surface area (Å²) in [4.78, 5) is 12.1. The van der Waals surface area contributed by atoms with Crippen LogP contribution in [0.25, 0.3) is 0 Å². The van der Waals surface area contributed by atoms with E-state index in [0.717, 1.165) is 16.3 Å². The molecule has 0 saturated carbocycles. The van der Waals surface area contributed by atoms with Gasteiger partial charge in [-0.1, -0.05) is 61.8 Å². The summed E-state index contributed by atoms with van der Waals surface area (Å²) in [6.07, 6.45) is 0. The second-order valence-electron chi connectivity index (χ2n) is 5.32. The van der Waals surface area contributed by atoms with Crippen LogP contribution in [-0.4, -0.2) is 11.5 Å². The minimum absolute atomic E-state index is 0.185. The Labute approximate surface area is 135 Å². The summed E-state index contributed by atoms with van der Waals surface area (Å²) in [5.74, 6) is 2.01. The molecule has 1 nitrogen and oxygen atoms in total. The summed E-state index contributed by atoms with van der Waals surface area (Å²) in [7, 11) is 0. The molecule has 0 radical (unpaired) electrons. The minimum atomic E-state index is 0.185. The minimum Gasteiger partial charge on any atom is -0.293 e. The van der Waals surface area contributed by atoms with E-state index in [1.165, 1.54) is 11.1 Å². The third-order valence-electron chi connectivity index (χ3n) is 3.31. The largest absolute Gasteiger partial charge is 0.293 e. The molecule has 0 N–H and O–H groups in total. The van der Waals surface area contributed by atoms with Crippen molar-refractivity contribution in [1.29, 1.82) is 0 Å². The molecular weight excluding hydrogens is 300 g/mol. The smallest absolute Gasteiger partial charge is 0.172 e. The van der Waals surface area contributed by atoms with Crippen molar-refractivity contribution >= 4 is 29.1 Å². The van der Waals surface area contributed by atoms with Crippen LogP contribution in [-0.2, 0) is 5.75 Å². The van der Waals surface area contributed by atoms with E-state index < -0.39 is 0 Å². The maximum Gasteiger partial charge on any atom is 0.172 e. The zero-order valence-electron chi connectivity index (χ0n) is 12.3. The molecular formula is C18H19ClOS. The van der Waals surface area contributed by atoms with Gasteiger partial charge in [-0.2, -0.15) is 0 Å². The zero-order valence-corrected chi connectivity index (χ0v) is 13.9. The lowest BCUT2D eigenvalue weighted by Gasteiger charge is -2.06. The molecule has 3 heteroatoms. The molecule has 0 fully saturated rings. The van der Waals surface area contributed by atoms with E-state index in [0.29, 0.717) is 11.7 Å². The third kappa shape index (κ3) is 4.90. The molecule has 0 aliphatic carbocycles. The van der Waals surface area contributed by atoms with Crippen LogP contribution in [0.4, 0.5) is 0 Å². The molecule has 2 aromatic rings. The lowest BCUT2D eigenvalue weighted by Crippen LogP contribution is -2.03. The SMILES string of the molecule is CC(C)c1ccc(C(=O)CSCc2ccc(Cl)cc2)cc1. The molecule has 0 aliphatic heterocycles. The van der Waals surface area contributed by atoms with E-state index in [1.54, 1.807) is 11.8 Å². The van der Waals surface area contributed by atoms with Gasteiger partial charge in [0.2, 0.25) is 0 Å². The summed E-state index contributed by atoms with van der Waals surface area (Å²) in [6.45, 7) is 4.30. The maximum atomic E-state index is 12.1. The van der Waals surface area contributed by atoms with Gasteiger partial charge in [-0.15, -0.1) is 11.8 Å².